The van der Waals surface area contributed by atoms with Crippen molar-refractivity contribution in [1.82, 2.24) is 0 Å². The van der Waals surface area contributed by atoms with Gasteiger partial charge in [0.2, 0.25) is 0 Å². The van der Waals surface area contributed by atoms with Crippen molar-refractivity contribution in [1.29, 1.82) is 0 Å². The van der Waals surface area contributed by atoms with Crippen LogP contribution in [0.5, 0.6) is 0 Å². The maximum atomic E-state index is 12.3. The van der Waals surface area contributed by atoms with Gasteiger partial charge in [-0.3, -0.25) is 0 Å². The Bertz CT molecular complexity index is 310. The van der Waals surface area contributed by atoms with Crippen molar-refractivity contribution in [3.63, 3.8) is 0 Å². The molecule has 6 heteroatoms. The molecule has 0 unspecified atom stereocenters. The maximum Gasteiger partial charge on any atom is 1.00 e. The predicted molar refractivity (Wildman–Crippen MR) is 61.7 cm³/mol. The summed E-state index contributed by atoms with van der Waals surface area (Å²) in [5, 5.41) is 10.1. The number of allylic oxidation sites excluding steroid dienone is 3. The molecule has 0 aliphatic heterocycles. The molecule has 104 valence electrons. The van der Waals surface area contributed by atoms with Crippen LogP contribution in [-0.2, 0) is 4.79 Å². The van der Waals surface area contributed by atoms with Crippen LogP contribution in [0.2, 0.25) is 0 Å². The molecular weight excluding hydrogens is 268 g/mol. The molecule has 0 heterocycles. The molecule has 0 saturated carbocycles. The molecule has 0 aliphatic rings. The average Bonchev–Trinajstić information content (AvgIpc) is 2.24. The third-order valence-corrected chi connectivity index (χ3v) is 2.37. The van der Waals surface area contributed by atoms with Crippen LogP contribution >= 0.6 is 0 Å². The second-order valence-electron chi connectivity index (χ2n) is 4.02. The first-order valence-corrected chi connectivity index (χ1v) is 6.04. The van der Waals surface area contributed by atoms with E-state index in [0.29, 0.717) is 6.42 Å². The van der Waals surface area contributed by atoms with Crippen molar-refractivity contribution in [3.05, 3.63) is 23.8 Å². The normalized spacial score (nSPS) is 12.5. The third-order valence-electron chi connectivity index (χ3n) is 2.37. The third kappa shape index (κ3) is 12.5. The number of carbonyl (C=O) groups excluding carboxylic acids is 1. The summed E-state index contributed by atoms with van der Waals surface area (Å²) in [6, 6.07) is 0. The molecule has 0 bridgehead atoms. The summed E-state index contributed by atoms with van der Waals surface area (Å²) in [4.78, 5) is 10.1. The van der Waals surface area contributed by atoms with E-state index in [1.807, 2.05) is 0 Å². The second kappa shape index (κ2) is 11.6. The van der Waals surface area contributed by atoms with Crippen LogP contribution in [0.4, 0.5) is 13.2 Å². The molecule has 0 radical (unpaired) electrons. The van der Waals surface area contributed by atoms with Crippen molar-refractivity contribution < 1.29 is 52.6 Å². The van der Waals surface area contributed by atoms with Gasteiger partial charge in [-0.1, -0.05) is 44.8 Å². The Kier molecular flexibility index (Phi) is 12.8. The minimum Gasteiger partial charge on any atom is -0.545 e. The van der Waals surface area contributed by atoms with Gasteiger partial charge in [0.15, 0.2) is 0 Å². The molecule has 0 atom stereocenters. The monoisotopic (exact) mass is 286 g/mol. The number of aliphatic carboxylic acids is 1. The van der Waals surface area contributed by atoms with Gasteiger partial charge in [0, 0.05) is 0 Å². The van der Waals surface area contributed by atoms with Gasteiger partial charge in [-0.15, -0.1) is 0 Å². The molecule has 19 heavy (non-hydrogen) atoms. The van der Waals surface area contributed by atoms with E-state index in [9.17, 15) is 23.1 Å². The quantitative estimate of drug-likeness (QED) is 0.276. The zero-order valence-corrected chi connectivity index (χ0v) is 13.4. The van der Waals surface area contributed by atoms with Gasteiger partial charge in [0.05, 0.1) is 11.5 Å². The summed E-state index contributed by atoms with van der Waals surface area (Å²) < 4.78 is 37.0. The topological polar surface area (TPSA) is 40.1 Å². The molecule has 0 aromatic carbocycles. The number of rotatable bonds is 8. The summed E-state index contributed by atoms with van der Waals surface area (Å²) >= 11 is 0. The standard InChI is InChI=1S/C13H19F3O2.Na/c1-2-3-4-5-6-7-8-9-11(10-12(17)18)13(14,15)16;/h8-10H,2-7H2,1H3,(H,17,18);/q;+1/p-1/b9-8+,11-10+;. The number of hydrogen-bond donors (Lipinski definition) is 0. The van der Waals surface area contributed by atoms with Crippen molar-refractivity contribution in [2.45, 2.75) is 51.6 Å². The number of carbonyl (C=O) groups is 1. The Morgan fingerprint density at radius 2 is 1.74 bits per heavy atom. The number of hydrogen-bond acceptors (Lipinski definition) is 2. The van der Waals surface area contributed by atoms with E-state index in [1.54, 1.807) is 0 Å². The summed E-state index contributed by atoms with van der Waals surface area (Å²) in [6.45, 7) is 2.08. The van der Waals surface area contributed by atoms with Crippen LogP contribution in [-0.4, -0.2) is 12.1 Å². The van der Waals surface area contributed by atoms with Gasteiger partial charge < -0.3 is 9.90 Å². The van der Waals surface area contributed by atoms with Crippen LogP contribution in [0.1, 0.15) is 45.4 Å². The summed E-state index contributed by atoms with van der Waals surface area (Å²) in [5.41, 5.74) is -1.18. The molecule has 0 fully saturated rings. The van der Waals surface area contributed by atoms with Crippen molar-refractivity contribution >= 4 is 5.97 Å². The Morgan fingerprint density at radius 3 is 2.21 bits per heavy atom. The van der Waals surface area contributed by atoms with Gasteiger partial charge in [-0.25, -0.2) is 0 Å². The molecule has 0 N–H and O–H groups in total. The summed E-state index contributed by atoms with van der Waals surface area (Å²) in [5.74, 6) is -1.84. The molecule has 0 saturated heterocycles. The first-order valence-electron chi connectivity index (χ1n) is 6.04. The largest absolute Gasteiger partial charge is 1.00 e. The number of unbranched alkanes of at least 4 members (excludes halogenated alkanes) is 5. The van der Waals surface area contributed by atoms with E-state index in [0.717, 1.165) is 38.2 Å². The van der Waals surface area contributed by atoms with Gasteiger partial charge in [0.25, 0.3) is 0 Å². The summed E-state index contributed by atoms with van der Waals surface area (Å²) in [7, 11) is 0. The SMILES string of the molecule is CCCCCCC/C=C/C(=C\C(=O)[O-])C(F)(F)F.[Na+]. The van der Waals surface area contributed by atoms with Gasteiger partial charge in [-0.05, 0) is 18.9 Å². The van der Waals surface area contributed by atoms with Crippen molar-refractivity contribution in [2.75, 3.05) is 0 Å². The number of halogens is 3. The van der Waals surface area contributed by atoms with Crippen molar-refractivity contribution in [3.8, 4) is 0 Å². The number of carboxylic acids is 1. The molecule has 0 rings (SSSR count). The molecule has 0 spiro atoms. The van der Waals surface area contributed by atoms with Crippen LogP contribution in [0.3, 0.4) is 0 Å². The number of carboxylic acid groups (broad SMARTS) is 1. The summed E-state index contributed by atoms with van der Waals surface area (Å²) in [6.07, 6.45) is 3.20. The van der Waals surface area contributed by atoms with E-state index >= 15 is 0 Å². The average molecular weight is 286 g/mol. The minimum atomic E-state index is -4.65. The molecule has 0 aliphatic carbocycles. The van der Waals surface area contributed by atoms with E-state index < -0.39 is 17.7 Å². The van der Waals surface area contributed by atoms with E-state index in [1.165, 1.54) is 6.08 Å². The van der Waals surface area contributed by atoms with Gasteiger partial charge in [0.1, 0.15) is 0 Å². The predicted octanol–water partition coefficient (Wildman–Crippen LogP) is 0.146. The smallest absolute Gasteiger partial charge is 0.545 e. The van der Waals surface area contributed by atoms with Crippen LogP contribution < -0.4 is 34.7 Å². The zero-order valence-electron chi connectivity index (χ0n) is 11.4. The Hall–Kier alpha value is -0.260. The fraction of sp³-hybridized carbons (Fsp3) is 0.615. The fourth-order valence-electron chi connectivity index (χ4n) is 1.43. The van der Waals surface area contributed by atoms with Gasteiger partial charge >= 0.3 is 35.7 Å². The maximum absolute atomic E-state index is 12.3. The molecule has 0 aromatic heterocycles. The molecule has 0 aromatic rings. The van der Waals surface area contributed by atoms with Crippen LogP contribution in [0.15, 0.2) is 23.8 Å². The van der Waals surface area contributed by atoms with Crippen LogP contribution in [0, 0.1) is 0 Å². The Morgan fingerprint density at radius 1 is 1.16 bits per heavy atom. The first kappa shape index (κ1) is 21.0. The van der Waals surface area contributed by atoms with E-state index in [2.05, 4.69) is 6.92 Å². The van der Waals surface area contributed by atoms with Crippen LogP contribution in [0.25, 0.3) is 0 Å². The minimum absolute atomic E-state index is 0. The first-order chi connectivity index (χ1) is 8.38. The molecule has 0 amide bonds. The van der Waals surface area contributed by atoms with Gasteiger partial charge in [-0.2, -0.15) is 13.2 Å². The molecular formula is C13H18F3NaO2. The van der Waals surface area contributed by atoms with E-state index in [4.69, 9.17) is 0 Å². The number of alkyl halides is 3. The Balaban J connectivity index is 0. The fourth-order valence-corrected chi connectivity index (χ4v) is 1.43. The second-order valence-corrected chi connectivity index (χ2v) is 4.02. The van der Waals surface area contributed by atoms with Crippen molar-refractivity contribution in [2.24, 2.45) is 0 Å². The Labute approximate surface area is 134 Å². The van der Waals surface area contributed by atoms with E-state index in [-0.39, 0.29) is 35.6 Å². The zero-order chi connectivity index (χ0) is 14.0. The molecule has 2 nitrogen and oxygen atoms in total.